The molecule has 0 aliphatic carbocycles. The van der Waals surface area contributed by atoms with E-state index in [1.54, 1.807) is 11.0 Å². The summed E-state index contributed by atoms with van der Waals surface area (Å²) in [5.41, 5.74) is 5.55. The topological polar surface area (TPSA) is 55.6 Å². The van der Waals surface area contributed by atoms with Gasteiger partial charge in [-0.15, -0.1) is 0 Å². The second kappa shape index (κ2) is 7.74. The van der Waals surface area contributed by atoms with Crippen LogP contribution in [0.1, 0.15) is 30.1 Å². The number of carbonyl (C=O) groups is 1. The van der Waals surface area contributed by atoms with E-state index in [0.717, 1.165) is 12.8 Å². The number of benzene rings is 1. The molecule has 0 aliphatic heterocycles. The Labute approximate surface area is 113 Å². The minimum Gasteiger partial charge on any atom is -0.497 e. The van der Waals surface area contributed by atoms with Gasteiger partial charge in [0.15, 0.2) is 0 Å². The molecule has 0 spiro atoms. The van der Waals surface area contributed by atoms with Crippen LogP contribution in [0.25, 0.3) is 0 Å². The van der Waals surface area contributed by atoms with Gasteiger partial charge in [-0.1, -0.05) is 13.3 Å². The maximum atomic E-state index is 13.9. The van der Waals surface area contributed by atoms with Gasteiger partial charge in [-0.25, -0.2) is 4.39 Å². The first-order valence-electron chi connectivity index (χ1n) is 6.46. The van der Waals surface area contributed by atoms with E-state index in [-0.39, 0.29) is 11.5 Å². The van der Waals surface area contributed by atoms with E-state index in [1.165, 1.54) is 19.2 Å². The van der Waals surface area contributed by atoms with E-state index in [4.69, 9.17) is 10.5 Å². The lowest BCUT2D eigenvalue weighted by atomic mass is 10.1. The molecular weight excluding hydrogens is 247 g/mol. The summed E-state index contributed by atoms with van der Waals surface area (Å²) >= 11 is 0. The predicted octanol–water partition coefficient (Wildman–Crippen LogP) is 2.04. The Bertz CT molecular complexity index is 424. The Balaban J connectivity index is 2.89. The van der Waals surface area contributed by atoms with Gasteiger partial charge in [0, 0.05) is 25.7 Å². The number of halogens is 1. The molecule has 4 nitrogen and oxygen atoms in total. The van der Waals surface area contributed by atoms with Crippen molar-refractivity contribution in [3.05, 3.63) is 29.6 Å². The van der Waals surface area contributed by atoms with Crippen molar-refractivity contribution < 1.29 is 13.9 Å². The lowest BCUT2D eigenvalue weighted by molar-refractivity contribution is 0.0753. The monoisotopic (exact) mass is 268 g/mol. The van der Waals surface area contributed by atoms with Gasteiger partial charge < -0.3 is 15.4 Å². The average Bonchev–Trinajstić information content (AvgIpc) is 2.42. The maximum Gasteiger partial charge on any atom is 0.256 e. The van der Waals surface area contributed by atoms with Crippen LogP contribution >= 0.6 is 0 Å². The van der Waals surface area contributed by atoms with Crippen molar-refractivity contribution in [2.75, 3.05) is 26.7 Å². The maximum absolute atomic E-state index is 13.9. The number of nitrogens with zero attached hydrogens (tertiary/aromatic N) is 1. The molecule has 0 saturated heterocycles. The van der Waals surface area contributed by atoms with Crippen LogP contribution in [0.5, 0.6) is 5.75 Å². The van der Waals surface area contributed by atoms with Gasteiger partial charge in [0.2, 0.25) is 0 Å². The molecule has 106 valence electrons. The molecule has 19 heavy (non-hydrogen) atoms. The third-order valence-electron chi connectivity index (χ3n) is 2.87. The van der Waals surface area contributed by atoms with E-state index < -0.39 is 5.82 Å². The second-order valence-electron chi connectivity index (χ2n) is 4.28. The summed E-state index contributed by atoms with van der Waals surface area (Å²) in [6.07, 6.45) is 1.85. The van der Waals surface area contributed by atoms with Gasteiger partial charge in [0.1, 0.15) is 11.6 Å². The van der Waals surface area contributed by atoms with Crippen molar-refractivity contribution in [3.8, 4) is 5.75 Å². The van der Waals surface area contributed by atoms with Crippen LogP contribution in [-0.2, 0) is 0 Å². The summed E-state index contributed by atoms with van der Waals surface area (Å²) in [4.78, 5) is 13.8. The third-order valence-corrected chi connectivity index (χ3v) is 2.87. The first-order chi connectivity index (χ1) is 9.13. The highest BCUT2D eigenvalue weighted by Crippen LogP contribution is 2.18. The van der Waals surface area contributed by atoms with Crippen LogP contribution in [0, 0.1) is 5.82 Å². The van der Waals surface area contributed by atoms with Crippen LogP contribution in [0.4, 0.5) is 4.39 Å². The molecule has 1 aromatic carbocycles. The molecule has 0 radical (unpaired) electrons. The normalized spacial score (nSPS) is 10.3. The number of nitrogens with two attached hydrogens (primary N) is 1. The van der Waals surface area contributed by atoms with Crippen LogP contribution in [0.15, 0.2) is 18.2 Å². The van der Waals surface area contributed by atoms with Crippen molar-refractivity contribution in [2.45, 2.75) is 19.8 Å². The molecule has 5 heteroatoms. The van der Waals surface area contributed by atoms with Gasteiger partial charge >= 0.3 is 0 Å². The summed E-state index contributed by atoms with van der Waals surface area (Å²) in [5.74, 6) is -0.491. The molecule has 0 aliphatic rings. The fourth-order valence-electron chi connectivity index (χ4n) is 1.79. The van der Waals surface area contributed by atoms with Gasteiger partial charge in [-0.05, 0) is 18.6 Å². The second-order valence-corrected chi connectivity index (χ2v) is 4.28. The minimum absolute atomic E-state index is 0.0605. The summed E-state index contributed by atoms with van der Waals surface area (Å²) in [6, 6.07) is 4.25. The number of carbonyl (C=O) groups excluding carboxylic acids is 1. The number of amides is 1. The lowest BCUT2D eigenvalue weighted by Gasteiger charge is -2.22. The van der Waals surface area contributed by atoms with E-state index in [9.17, 15) is 9.18 Å². The van der Waals surface area contributed by atoms with E-state index in [1.807, 2.05) is 6.92 Å². The molecule has 1 amide bonds. The summed E-state index contributed by atoms with van der Waals surface area (Å²) in [5, 5.41) is 0. The predicted molar refractivity (Wildman–Crippen MR) is 72.8 cm³/mol. The molecule has 0 saturated carbocycles. The van der Waals surface area contributed by atoms with Crippen molar-refractivity contribution >= 4 is 5.91 Å². The number of rotatable bonds is 7. The highest BCUT2D eigenvalue weighted by Gasteiger charge is 2.18. The largest absolute Gasteiger partial charge is 0.497 e. The quantitative estimate of drug-likeness (QED) is 0.823. The number of ether oxygens (including phenoxy) is 1. The number of hydrogen-bond acceptors (Lipinski definition) is 3. The van der Waals surface area contributed by atoms with E-state index in [2.05, 4.69) is 0 Å². The van der Waals surface area contributed by atoms with Crippen molar-refractivity contribution in [2.24, 2.45) is 5.73 Å². The standard InChI is InChI=1S/C14H21FN2O2/c1-3-4-8-17(9-7-16)14(18)12-6-5-11(19-2)10-13(12)15/h5-6,10H,3-4,7-9,16H2,1-2H3. The van der Waals surface area contributed by atoms with Gasteiger partial charge in [-0.2, -0.15) is 0 Å². The van der Waals surface area contributed by atoms with Crippen LogP contribution < -0.4 is 10.5 Å². The van der Waals surface area contributed by atoms with Gasteiger partial charge in [-0.3, -0.25) is 4.79 Å². The van der Waals surface area contributed by atoms with Gasteiger partial charge in [0.05, 0.1) is 12.7 Å². The molecular formula is C14H21FN2O2. The van der Waals surface area contributed by atoms with Gasteiger partial charge in [0.25, 0.3) is 5.91 Å². The van der Waals surface area contributed by atoms with E-state index >= 15 is 0 Å². The number of methoxy groups -OCH3 is 1. The zero-order valence-corrected chi connectivity index (χ0v) is 11.5. The Hall–Kier alpha value is -1.62. The smallest absolute Gasteiger partial charge is 0.256 e. The van der Waals surface area contributed by atoms with Crippen molar-refractivity contribution in [1.29, 1.82) is 0 Å². The summed E-state index contributed by atoms with van der Waals surface area (Å²) in [7, 11) is 1.46. The van der Waals surface area contributed by atoms with E-state index in [0.29, 0.717) is 25.4 Å². The SMILES string of the molecule is CCCCN(CCN)C(=O)c1ccc(OC)cc1F. The lowest BCUT2D eigenvalue weighted by Crippen LogP contribution is -2.36. The Morgan fingerprint density at radius 2 is 2.16 bits per heavy atom. The molecule has 0 atom stereocenters. The van der Waals surface area contributed by atoms with Crippen molar-refractivity contribution in [3.63, 3.8) is 0 Å². The zero-order chi connectivity index (χ0) is 14.3. The van der Waals surface area contributed by atoms with Crippen molar-refractivity contribution in [1.82, 2.24) is 4.90 Å². The van der Waals surface area contributed by atoms with Crippen LogP contribution in [-0.4, -0.2) is 37.6 Å². The minimum atomic E-state index is -0.567. The molecule has 0 heterocycles. The molecule has 1 rings (SSSR count). The molecule has 0 unspecified atom stereocenters. The molecule has 0 fully saturated rings. The third kappa shape index (κ3) is 4.21. The number of unbranched alkanes of at least 4 members (excludes halogenated alkanes) is 1. The van der Waals surface area contributed by atoms with Crippen LogP contribution in [0.3, 0.4) is 0 Å². The average molecular weight is 268 g/mol. The molecule has 2 N–H and O–H groups in total. The summed E-state index contributed by atoms with van der Waals surface area (Å²) in [6.45, 7) is 3.44. The first-order valence-corrected chi connectivity index (χ1v) is 6.46. The fraction of sp³-hybridized carbons (Fsp3) is 0.500. The molecule has 0 bridgehead atoms. The number of hydrogen-bond donors (Lipinski definition) is 1. The molecule has 1 aromatic rings. The van der Waals surface area contributed by atoms with Crippen LogP contribution in [0.2, 0.25) is 0 Å². The molecule has 0 aromatic heterocycles. The Morgan fingerprint density at radius 3 is 2.68 bits per heavy atom. The highest BCUT2D eigenvalue weighted by atomic mass is 19.1. The summed E-state index contributed by atoms with van der Waals surface area (Å²) < 4.78 is 18.8. The highest BCUT2D eigenvalue weighted by molar-refractivity contribution is 5.94. The zero-order valence-electron chi connectivity index (χ0n) is 11.5. The Morgan fingerprint density at radius 1 is 1.42 bits per heavy atom. The Kier molecular flexibility index (Phi) is 6.29. The first kappa shape index (κ1) is 15.4. The fourth-order valence-corrected chi connectivity index (χ4v) is 1.79.